The molecule has 0 unspecified atom stereocenters. The Kier molecular flexibility index (Phi) is 3.48. The third-order valence-electron chi connectivity index (χ3n) is 2.46. The highest BCUT2D eigenvalue weighted by Crippen LogP contribution is 2.27. The molecule has 92 valence electrons. The van der Waals surface area contributed by atoms with E-state index in [1.54, 1.807) is 24.4 Å². The normalized spacial score (nSPS) is 10.3. The molecule has 1 aromatic heterocycles. The maximum Gasteiger partial charge on any atom is 0.307 e. The summed E-state index contributed by atoms with van der Waals surface area (Å²) in [4.78, 5) is 14.6. The van der Waals surface area contributed by atoms with Crippen LogP contribution in [0, 0.1) is 0 Å². The molecule has 0 aliphatic rings. The third-order valence-corrected chi connectivity index (χ3v) is 2.67. The first-order chi connectivity index (χ1) is 8.56. The van der Waals surface area contributed by atoms with Crippen LogP contribution in [0.2, 0.25) is 5.02 Å². The standard InChI is InChI=1S/C13H10ClNO3/c14-11-4-10(6-15-7-11)8-1-2-12(16)9(3-8)5-13(17)18/h1-4,6-7,16H,5H2,(H,17,18). The minimum absolute atomic E-state index is 0.0314. The molecular weight excluding hydrogens is 254 g/mol. The van der Waals surface area contributed by atoms with Gasteiger partial charge in [-0.1, -0.05) is 17.7 Å². The van der Waals surface area contributed by atoms with Gasteiger partial charge in [0.05, 0.1) is 11.4 Å². The molecule has 0 spiro atoms. The van der Waals surface area contributed by atoms with E-state index in [1.807, 2.05) is 0 Å². The summed E-state index contributed by atoms with van der Waals surface area (Å²) < 4.78 is 0. The van der Waals surface area contributed by atoms with Crippen molar-refractivity contribution in [1.82, 2.24) is 4.98 Å². The zero-order valence-electron chi connectivity index (χ0n) is 9.30. The number of pyridine rings is 1. The van der Waals surface area contributed by atoms with Crippen LogP contribution in [0.3, 0.4) is 0 Å². The lowest BCUT2D eigenvalue weighted by Crippen LogP contribution is -2.00. The van der Waals surface area contributed by atoms with Crippen molar-refractivity contribution < 1.29 is 15.0 Å². The van der Waals surface area contributed by atoms with Crippen molar-refractivity contribution in [3.63, 3.8) is 0 Å². The SMILES string of the molecule is O=C(O)Cc1cc(-c2cncc(Cl)c2)ccc1O. The quantitative estimate of drug-likeness (QED) is 0.893. The van der Waals surface area contributed by atoms with Crippen molar-refractivity contribution in [3.8, 4) is 16.9 Å². The number of carboxylic acids is 1. The number of phenolic OH excluding ortho intramolecular Hbond substituents is 1. The molecule has 0 atom stereocenters. The van der Waals surface area contributed by atoms with Crippen LogP contribution in [0.1, 0.15) is 5.56 Å². The number of phenols is 1. The van der Waals surface area contributed by atoms with E-state index >= 15 is 0 Å². The largest absolute Gasteiger partial charge is 0.508 e. The lowest BCUT2D eigenvalue weighted by molar-refractivity contribution is -0.136. The van der Waals surface area contributed by atoms with Crippen LogP contribution < -0.4 is 0 Å². The number of aromatic hydroxyl groups is 1. The van der Waals surface area contributed by atoms with E-state index in [2.05, 4.69) is 4.98 Å². The Hall–Kier alpha value is -2.07. The van der Waals surface area contributed by atoms with Crippen molar-refractivity contribution in [2.24, 2.45) is 0 Å². The van der Waals surface area contributed by atoms with Gasteiger partial charge in [-0.25, -0.2) is 0 Å². The van der Waals surface area contributed by atoms with Crippen molar-refractivity contribution in [2.75, 3.05) is 0 Å². The highest BCUT2D eigenvalue weighted by atomic mass is 35.5. The molecular formula is C13H10ClNO3. The summed E-state index contributed by atoms with van der Waals surface area (Å²) in [6.07, 6.45) is 2.92. The molecule has 0 radical (unpaired) electrons. The van der Waals surface area contributed by atoms with Crippen LogP contribution in [-0.2, 0) is 11.2 Å². The van der Waals surface area contributed by atoms with Gasteiger partial charge in [-0.05, 0) is 23.8 Å². The average Bonchev–Trinajstić information content (AvgIpc) is 2.31. The van der Waals surface area contributed by atoms with Gasteiger partial charge in [0, 0.05) is 23.5 Å². The first kappa shape index (κ1) is 12.4. The molecule has 4 nitrogen and oxygen atoms in total. The molecule has 18 heavy (non-hydrogen) atoms. The van der Waals surface area contributed by atoms with Gasteiger partial charge >= 0.3 is 5.97 Å². The second kappa shape index (κ2) is 5.06. The van der Waals surface area contributed by atoms with Gasteiger partial charge in [0.1, 0.15) is 5.75 Å². The smallest absolute Gasteiger partial charge is 0.307 e. The predicted octanol–water partition coefficient (Wildman–Crippen LogP) is 2.73. The Morgan fingerprint density at radius 2 is 2.00 bits per heavy atom. The summed E-state index contributed by atoms with van der Waals surface area (Å²) in [5.41, 5.74) is 1.90. The van der Waals surface area contributed by atoms with Crippen molar-refractivity contribution >= 4 is 17.6 Å². The summed E-state index contributed by atoms with van der Waals surface area (Å²) in [5.74, 6) is -1.03. The topological polar surface area (TPSA) is 70.4 Å². The van der Waals surface area contributed by atoms with Crippen LogP contribution >= 0.6 is 11.6 Å². The summed E-state index contributed by atoms with van der Waals surface area (Å²) >= 11 is 5.84. The van der Waals surface area contributed by atoms with E-state index in [4.69, 9.17) is 16.7 Å². The minimum Gasteiger partial charge on any atom is -0.508 e. The monoisotopic (exact) mass is 263 g/mol. The van der Waals surface area contributed by atoms with Crippen LogP contribution in [0.4, 0.5) is 0 Å². The van der Waals surface area contributed by atoms with Gasteiger partial charge in [0.25, 0.3) is 0 Å². The van der Waals surface area contributed by atoms with Gasteiger partial charge in [0.2, 0.25) is 0 Å². The number of carboxylic acid groups (broad SMARTS) is 1. The number of carbonyl (C=O) groups is 1. The van der Waals surface area contributed by atoms with Gasteiger partial charge in [-0.15, -0.1) is 0 Å². The highest BCUT2D eigenvalue weighted by Gasteiger charge is 2.08. The Bertz CT molecular complexity index is 599. The van der Waals surface area contributed by atoms with Crippen LogP contribution in [-0.4, -0.2) is 21.2 Å². The maximum absolute atomic E-state index is 10.7. The maximum atomic E-state index is 10.7. The second-order valence-corrected chi connectivity index (χ2v) is 4.24. The Labute approximate surface area is 108 Å². The zero-order chi connectivity index (χ0) is 13.1. The van der Waals surface area contributed by atoms with Crippen molar-refractivity contribution in [1.29, 1.82) is 0 Å². The minimum atomic E-state index is -0.994. The Morgan fingerprint density at radius 3 is 2.67 bits per heavy atom. The number of benzene rings is 1. The molecule has 5 heteroatoms. The third kappa shape index (κ3) is 2.78. The second-order valence-electron chi connectivity index (χ2n) is 3.81. The summed E-state index contributed by atoms with van der Waals surface area (Å²) in [5, 5.41) is 18.8. The lowest BCUT2D eigenvalue weighted by atomic mass is 10.0. The van der Waals surface area contributed by atoms with E-state index in [0.29, 0.717) is 10.6 Å². The van der Waals surface area contributed by atoms with E-state index in [0.717, 1.165) is 11.1 Å². The first-order valence-corrected chi connectivity index (χ1v) is 5.58. The van der Waals surface area contributed by atoms with E-state index in [1.165, 1.54) is 12.3 Å². The van der Waals surface area contributed by atoms with Crippen molar-refractivity contribution in [3.05, 3.63) is 47.2 Å². The number of aromatic nitrogens is 1. The molecule has 1 aromatic carbocycles. The summed E-state index contributed by atoms with van der Waals surface area (Å²) in [6.45, 7) is 0. The van der Waals surface area contributed by atoms with Crippen molar-refractivity contribution in [2.45, 2.75) is 6.42 Å². The first-order valence-electron chi connectivity index (χ1n) is 5.21. The molecule has 0 aliphatic heterocycles. The fourth-order valence-electron chi connectivity index (χ4n) is 1.64. The lowest BCUT2D eigenvalue weighted by Gasteiger charge is -2.06. The summed E-state index contributed by atoms with van der Waals surface area (Å²) in [7, 11) is 0. The molecule has 0 amide bonds. The van der Waals surface area contributed by atoms with Gasteiger partial charge in [-0.3, -0.25) is 9.78 Å². The molecule has 1 heterocycles. The number of halogens is 1. The number of rotatable bonds is 3. The zero-order valence-corrected chi connectivity index (χ0v) is 10.1. The number of hydrogen-bond donors (Lipinski definition) is 2. The Morgan fingerprint density at radius 1 is 1.22 bits per heavy atom. The van der Waals surface area contributed by atoms with Crippen LogP contribution in [0.25, 0.3) is 11.1 Å². The van der Waals surface area contributed by atoms with Gasteiger partial charge < -0.3 is 10.2 Å². The fourth-order valence-corrected chi connectivity index (χ4v) is 1.81. The molecule has 2 N–H and O–H groups in total. The van der Waals surface area contributed by atoms with E-state index < -0.39 is 5.97 Å². The molecule has 0 saturated carbocycles. The number of nitrogens with zero attached hydrogens (tertiary/aromatic N) is 1. The predicted molar refractivity (Wildman–Crippen MR) is 67.7 cm³/mol. The molecule has 0 aliphatic carbocycles. The number of hydrogen-bond acceptors (Lipinski definition) is 3. The average molecular weight is 264 g/mol. The highest BCUT2D eigenvalue weighted by molar-refractivity contribution is 6.30. The molecule has 2 rings (SSSR count). The molecule has 2 aromatic rings. The van der Waals surface area contributed by atoms with Crippen LogP contribution in [0.5, 0.6) is 5.75 Å². The van der Waals surface area contributed by atoms with E-state index in [9.17, 15) is 9.90 Å². The Balaban J connectivity index is 2.43. The van der Waals surface area contributed by atoms with Crippen LogP contribution in [0.15, 0.2) is 36.7 Å². The number of aliphatic carboxylic acids is 1. The molecule has 0 fully saturated rings. The molecule has 0 saturated heterocycles. The van der Waals surface area contributed by atoms with E-state index in [-0.39, 0.29) is 12.2 Å². The summed E-state index contributed by atoms with van der Waals surface area (Å²) in [6, 6.07) is 6.50. The molecule has 0 bridgehead atoms. The fraction of sp³-hybridized carbons (Fsp3) is 0.0769. The van der Waals surface area contributed by atoms with Gasteiger partial charge in [-0.2, -0.15) is 0 Å². The van der Waals surface area contributed by atoms with Gasteiger partial charge in [0.15, 0.2) is 0 Å².